The number of nitrogens with one attached hydrogen (secondary N) is 1. The Morgan fingerprint density at radius 1 is 1.08 bits per heavy atom. The van der Waals surface area contributed by atoms with Crippen LogP contribution in [0.5, 0.6) is 0 Å². The van der Waals surface area contributed by atoms with Gasteiger partial charge in [0.2, 0.25) is 6.33 Å². The van der Waals surface area contributed by atoms with Crippen LogP contribution in [-0.4, -0.2) is 22.6 Å². The average molecular weight is 348 g/mol. The Hall–Kier alpha value is -1.71. The third-order valence-electron chi connectivity index (χ3n) is 4.39. The quantitative estimate of drug-likeness (QED) is 0.353. The summed E-state index contributed by atoms with van der Waals surface area (Å²) < 4.78 is 4.61. The number of rotatable bonds is 16. The van der Waals surface area contributed by atoms with Crippen molar-refractivity contribution < 1.29 is 4.57 Å². The van der Waals surface area contributed by atoms with Crippen LogP contribution in [0.2, 0.25) is 0 Å². The van der Waals surface area contributed by atoms with Crippen LogP contribution >= 0.6 is 0 Å². The van der Waals surface area contributed by atoms with Gasteiger partial charge >= 0.3 is 0 Å². The summed E-state index contributed by atoms with van der Waals surface area (Å²) in [5, 5.41) is 3.38. The highest BCUT2D eigenvalue weighted by atomic mass is 15.1. The van der Waals surface area contributed by atoms with E-state index in [2.05, 4.69) is 64.7 Å². The molecule has 4 heteroatoms. The second-order valence-corrected chi connectivity index (χ2v) is 6.70. The first-order valence-electron chi connectivity index (χ1n) is 10.1. The molecule has 0 unspecified atom stereocenters. The van der Waals surface area contributed by atoms with Gasteiger partial charge in [0.25, 0.3) is 0 Å². The molecule has 1 N–H and O–H groups in total. The molecule has 0 aliphatic heterocycles. The van der Waals surface area contributed by atoms with Gasteiger partial charge in [0.15, 0.2) is 0 Å². The van der Waals surface area contributed by atoms with E-state index in [0.29, 0.717) is 0 Å². The highest BCUT2D eigenvalue weighted by molar-refractivity contribution is 4.86. The smallest absolute Gasteiger partial charge is 0.243 e. The second-order valence-electron chi connectivity index (χ2n) is 6.70. The topological polar surface area (TPSA) is 24.1 Å². The largest absolute Gasteiger partial charge is 0.390 e. The van der Waals surface area contributed by atoms with Crippen LogP contribution in [0.3, 0.4) is 0 Å². The molecule has 0 aliphatic carbocycles. The maximum absolute atomic E-state index is 3.87. The Morgan fingerprint density at radius 3 is 2.64 bits per heavy atom. The number of unbranched alkanes of at least 4 members (excludes halogenated alkanes) is 5. The lowest BCUT2D eigenvalue weighted by Gasteiger charge is -2.14. The van der Waals surface area contributed by atoms with Gasteiger partial charge in [0.05, 0.1) is 13.1 Å². The van der Waals surface area contributed by atoms with Gasteiger partial charge in [0, 0.05) is 25.5 Å². The molecule has 1 rings (SSSR count). The van der Waals surface area contributed by atoms with Crippen molar-refractivity contribution in [3.05, 3.63) is 43.9 Å². The maximum Gasteiger partial charge on any atom is 0.243 e. The van der Waals surface area contributed by atoms with Crippen LogP contribution < -0.4 is 9.88 Å². The summed E-state index contributed by atoms with van der Waals surface area (Å²) in [7, 11) is 0. The molecule has 0 radical (unpaired) electrons. The summed E-state index contributed by atoms with van der Waals surface area (Å²) in [6, 6.07) is 0. The third kappa shape index (κ3) is 10.7. The predicted octanol–water partition coefficient (Wildman–Crippen LogP) is 4.44. The van der Waals surface area contributed by atoms with Gasteiger partial charge in [-0.15, -0.1) is 0 Å². The van der Waals surface area contributed by atoms with E-state index in [0.717, 1.165) is 26.2 Å². The molecule has 0 saturated carbocycles. The van der Waals surface area contributed by atoms with E-state index < -0.39 is 0 Å². The Morgan fingerprint density at radius 2 is 1.88 bits per heavy atom. The summed E-state index contributed by atoms with van der Waals surface area (Å²) in [4.78, 5) is 2.15. The SMILES string of the molecule is C=CN(/C=C\NCCCCn1cc[n+](CCCCC)c1)CCCCC. The number of imidazole rings is 1. The lowest BCUT2D eigenvalue weighted by molar-refractivity contribution is -0.696. The maximum atomic E-state index is 3.87. The zero-order valence-electron chi connectivity index (χ0n) is 16.5. The van der Waals surface area contributed by atoms with Gasteiger partial charge < -0.3 is 10.2 Å². The van der Waals surface area contributed by atoms with E-state index in [1.165, 1.54) is 51.4 Å². The molecule has 0 amide bonds. The van der Waals surface area contributed by atoms with Crippen molar-refractivity contribution in [3.63, 3.8) is 0 Å². The lowest BCUT2D eigenvalue weighted by Crippen LogP contribution is -2.30. The fourth-order valence-electron chi connectivity index (χ4n) is 2.77. The van der Waals surface area contributed by atoms with E-state index in [1.807, 2.05) is 12.4 Å². The highest BCUT2D eigenvalue weighted by Gasteiger charge is 2.02. The minimum Gasteiger partial charge on any atom is -0.390 e. The molecular formula is C21H39N4+. The van der Waals surface area contributed by atoms with Crippen LogP contribution in [0, 0.1) is 0 Å². The monoisotopic (exact) mass is 347 g/mol. The van der Waals surface area contributed by atoms with Crippen molar-refractivity contribution in [1.82, 2.24) is 14.8 Å². The molecule has 0 aliphatic rings. The van der Waals surface area contributed by atoms with E-state index in [-0.39, 0.29) is 0 Å². The molecule has 0 atom stereocenters. The van der Waals surface area contributed by atoms with Crippen molar-refractivity contribution >= 4 is 0 Å². The molecule has 1 aromatic heterocycles. The normalized spacial score (nSPS) is 11.1. The molecule has 0 saturated heterocycles. The first kappa shape index (κ1) is 21.3. The zero-order valence-corrected chi connectivity index (χ0v) is 16.5. The summed E-state index contributed by atoms with van der Waals surface area (Å²) in [6.45, 7) is 12.7. The van der Waals surface area contributed by atoms with Gasteiger partial charge in [-0.25, -0.2) is 9.13 Å². The number of nitrogens with zero attached hydrogens (tertiary/aromatic N) is 3. The average Bonchev–Trinajstić information content (AvgIpc) is 3.07. The Balaban J connectivity index is 2.07. The van der Waals surface area contributed by atoms with E-state index in [1.54, 1.807) is 0 Å². The van der Waals surface area contributed by atoms with Crippen molar-refractivity contribution in [1.29, 1.82) is 0 Å². The summed E-state index contributed by atoms with van der Waals surface area (Å²) >= 11 is 0. The molecule has 0 spiro atoms. The highest BCUT2D eigenvalue weighted by Crippen LogP contribution is 1.99. The van der Waals surface area contributed by atoms with Gasteiger partial charge in [-0.2, -0.15) is 0 Å². The molecule has 0 fully saturated rings. The zero-order chi connectivity index (χ0) is 18.2. The lowest BCUT2D eigenvalue weighted by atomic mass is 10.2. The van der Waals surface area contributed by atoms with Crippen LogP contribution in [-0.2, 0) is 13.1 Å². The molecule has 0 aromatic carbocycles. The fraction of sp³-hybridized carbons (Fsp3) is 0.667. The second kappa shape index (κ2) is 14.6. The van der Waals surface area contributed by atoms with Gasteiger partial charge in [-0.1, -0.05) is 39.7 Å². The van der Waals surface area contributed by atoms with E-state index in [4.69, 9.17) is 0 Å². The Labute approximate surface area is 155 Å². The molecule has 4 nitrogen and oxygen atoms in total. The minimum absolute atomic E-state index is 1.02. The van der Waals surface area contributed by atoms with Crippen LogP contribution in [0.15, 0.2) is 43.9 Å². The van der Waals surface area contributed by atoms with Crippen molar-refractivity contribution in [2.45, 2.75) is 78.3 Å². The Kier molecular flexibility index (Phi) is 12.5. The van der Waals surface area contributed by atoms with Crippen molar-refractivity contribution in [2.24, 2.45) is 0 Å². The summed E-state index contributed by atoms with van der Waals surface area (Å²) in [5.41, 5.74) is 0. The van der Waals surface area contributed by atoms with Crippen LogP contribution in [0.25, 0.3) is 0 Å². The van der Waals surface area contributed by atoms with Gasteiger partial charge in [-0.05, 0) is 38.3 Å². The van der Waals surface area contributed by atoms with Crippen molar-refractivity contribution in [2.75, 3.05) is 13.1 Å². The molecule has 25 heavy (non-hydrogen) atoms. The molecule has 1 heterocycles. The van der Waals surface area contributed by atoms with Crippen LogP contribution in [0.4, 0.5) is 0 Å². The first-order valence-corrected chi connectivity index (χ1v) is 10.1. The predicted molar refractivity (Wildman–Crippen MR) is 107 cm³/mol. The molecule has 0 bridgehead atoms. The van der Waals surface area contributed by atoms with Crippen molar-refractivity contribution in [3.8, 4) is 0 Å². The molecule has 142 valence electrons. The number of aryl methyl sites for hydroxylation is 2. The van der Waals surface area contributed by atoms with Gasteiger partial charge in [0.1, 0.15) is 12.4 Å². The number of aromatic nitrogens is 2. The third-order valence-corrected chi connectivity index (χ3v) is 4.39. The minimum atomic E-state index is 1.02. The first-order chi connectivity index (χ1) is 12.3. The summed E-state index contributed by atoms with van der Waals surface area (Å²) in [6.07, 6.45) is 22.7. The Bertz CT molecular complexity index is 464. The van der Waals surface area contributed by atoms with E-state index in [9.17, 15) is 0 Å². The molecule has 1 aromatic rings. The van der Waals surface area contributed by atoms with Crippen LogP contribution in [0.1, 0.15) is 65.2 Å². The fourth-order valence-corrected chi connectivity index (χ4v) is 2.77. The van der Waals surface area contributed by atoms with E-state index >= 15 is 0 Å². The summed E-state index contributed by atoms with van der Waals surface area (Å²) in [5.74, 6) is 0. The number of hydrogen-bond donors (Lipinski definition) is 1. The molecular weight excluding hydrogens is 308 g/mol. The van der Waals surface area contributed by atoms with Gasteiger partial charge in [-0.3, -0.25) is 0 Å². The number of hydrogen-bond acceptors (Lipinski definition) is 2. The standard InChI is InChI=1S/C21H39N4/c1-4-7-10-15-23(6-3)18-14-22-13-9-12-17-25-20-19-24(21-25)16-11-8-5-2/h6,14,18-22H,3-5,7-13,15-17H2,1-2H3/q+1/b18-14-.